The van der Waals surface area contributed by atoms with Crippen LogP contribution >= 0.6 is 0 Å². The number of anilines is 1. The summed E-state index contributed by atoms with van der Waals surface area (Å²) in [4.78, 5) is 23.7. The number of aromatic nitrogens is 2. The first-order valence-electron chi connectivity index (χ1n) is 10.7. The molecule has 1 amide bonds. The zero-order valence-corrected chi connectivity index (χ0v) is 18.7. The van der Waals surface area contributed by atoms with Gasteiger partial charge < -0.3 is 0 Å². The summed E-state index contributed by atoms with van der Waals surface area (Å²) >= 11 is 0. The molecule has 31 heavy (non-hydrogen) atoms. The summed E-state index contributed by atoms with van der Waals surface area (Å²) in [6, 6.07) is 6.41. The minimum Gasteiger partial charge on any atom is -0.292 e. The van der Waals surface area contributed by atoms with Crippen LogP contribution in [0.1, 0.15) is 54.7 Å². The topological polar surface area (TPSA) is 83.5 Å². The molecule has 1 saturated heterocycles. The lowest BCUT2D eigenvalue weighted by Crippen LogP contribution is -2.41. The average Bonchev–Trinajstić information content (AvgIpc) is 2.77. The largest absolute Gasteiger partial charge is 0.292 e. The molecule has 166 valence electrons. The van der Waals surface area contributed by atoms with Crippen LogP contribution in [-0.2, 0) is 27.8 Å². The normalized spacial score (nSPS) is 20.0. The van der Waals surface area contributed by atoms with Crippen molar-refractivity contribution in [3.63, 3.8) is 0 Å². The van der Waals surface area contributed by atoms with Crippen LogP contribution in [0.5, 0.6) is 0 Å². The van der Waals surface area contributed by atoms with E-state index in [1.54, 1.807) is 30.0 Å². The van der Waals surface area contributed by atoms with Gasteiger partial charge in [-0.25, -0.2) is 27.1 Å². The molecular formula is C22H27FN4O3S. The molecule has 0 aliphatic carbocycles. The van der Waals surface area contributed by atoms with Gasteiger partial charge in [0.1, 0.15) is 17.5 Å². The summed E-state index contributed by atoms with van der Waals surface area (Å²) in [5.41, 5.74) is 2.12. The van der Waals surface area contributed by atoms with Crippen molar-refractivity contribution in [2.24, 2.45) is 0 Å². The molecule has 0 unspecified atom stereocenters. The Labute approximate surface area is 182 Å². The summed E-state index contributed by atoms with van der Waals surface area (Å²) in [6.45, 7) is 4.49. The van der Waals surface area contributed by atoms with Gasteiger partial charge >= 0.3 is 0 Å². The zero-order chi connectivity index (χ0) is 22.2. The number of carbonyl (C=O) groups is 1. The lowest BCUT2D eigenvalue weighted by molar-refractivity contribution is -0.119. The van der Waals surface area contributed by atoms with Gasteiger partial charge in [-0.1, -0.05) is 18.2 Å². The van der Waals surface area contributed by atoms with E-state index in [-0.39, 0.29) is 29.9 Å². The van der Waals surface area contributed by atoms with Crippen LogP contribution < -0.4 is 4.90 Å². The minimum atomic E-state index is -3.28. The molecule has 3 heterocycles. The summed E-state index contributed by atoms with van der Waals surface area (Å²) in [5, 5.41) is 0. The predicted molar refractivity (Wildman–Crippen MR) is 116 cm³/mol. The first kappa shape index (κ1) is 21.8. The van der Waals surface area contributed by atoms with E-state index >= 15 is 0 Å². The SMILES string of the molecule is CCS(=O)(=O)N1CCC[C@@H](c2nc(C)c3c(n2)N(Cc2ccccc2F)C(=O)CC3)C1. The Balaban J connectivity index is 1.69. The van der Waals surface area contributed by atoms with Crippen LogP contribution in [0.15, 0.2) is 24.3 Å². The third-order valence-electron chi connectivity index (χ3n) is 6.15. The number of hydrogen-bond donors (Lipinski definition) is 0. The van der Waals surface area contributed by atoms with Crippen LogP contribution in [0, 0.1) is 12.7 Å². The third-order valence-corrected chi connectivity index (χ3v) is 8.00. The van der Waals surface area contributed by atoms with E-state index in [2.05, 4.69) is 0 Å². The average molecular weight is 447 g/mol. The van der Waals surface area contributed by atoms with Crippen LogP contribution in [0.2, 0.25) is 0 Å². The zero-order valence-electron chi connectivity index (χ0n) is 17.8. The Morgan fingerprint density at radius 1 is 1.19 bits per heavy atom. The number of benzene rings is 1. The van der Waals surface area contributed by atoms with Gasteiger partial charge in [-0.2, -0.15) is 0 Å². The van der Waals surface area contributed by atoms with E-state index in [4.69, 9.17) is 9.97 Å². The molecule has 0 bridgehead atoms. The van der Waals surface area contributed by atoms with Gasteiger partial charge in [0, 0.05) is 42.2 Å². The number of fused-ring (bicyclic) bond motifs is 1. The van der Waals surface area contributed by atoms with Crippen molar-refractivity contribution in [2.75, 3.05) is 23.7 Å². The molecule has 2 aliphatic heterocycles. The Morgan fingerprint density at radius 3 is 2.71 bits per heavy atom. The fraction of sp³-hybridized carbons (Fsp3) is 0.500. The summed E-state index contributed by atoms with van der Waals surface area (Å²) in [5.74, 6) is 0.554. The van der Waals surface area contributed by atoms with E-state index in [1.807, 2.05) is 6.92 Å². The predicted octanol–water partition coefficient (Wildman–Crippen LogP) is 2.93. The first-order valence-corrected chi connectivity index (χ1v) is 12.3. The molecular weight excluding hydrogens is 419 g/mol. The second kappa shape index (κ2) is 8.63. The van der Waals surface area contributed by atoms with Gasteiger partial charge in [-0.05, 0) is 39.2 Å². The number of halogens is 1. The highest BCUT2D eigenvalue weighted by Crippen LogP contribution is 2.33. The molecule has 7 nitrogen and oxygen atoms in total. The van der Waals surface area contributed by atoms with Crippen molar-refractivity contribution in [2.45, 2.75) is 52.0 Å². The maximum absolute atomic E-state index is 14.3. The van der Waals surface area contributed by atoms with Crippen molar-refractivity contribution >= 4 is 21.7 Å². The quantitative estimate of drug-likeness (QED) is 0.705. The lowest BCUT2D eigenvalue weighted by atomic mass is 9.97. The Kier molecular flexibility index (Phi) is 6.07. The van der Waals surface area contributed by atoms with Crippen LogP contribution in [0.4, 0.5) is 10.2 Å². The first-order chi connectivity index (χ1) is 14.8. The molecule has 0 radical (unpaired) electrons. The molecule has 1 fully saturated rings. The van der Waals surface area contributed by atoms with E-state index in [9.17, 15) is 17.6 Å². The van der Waals surface area contributed by atoms with E-state index in [0.29, 0.717) is 43.1 Å². The minimum absolute atomic E-state index is 0.0642. The number of carbonyl (C=O) groups excluding carboxylic acids is 1. The monoisotopic (exact) mass is 446 g/mol. The second-order valence-corrected chi connectivity index (χ2v) is 10.4. The third kappa shape index (κ3) is 4.34. The molecule has 0 saturated carbocycles. The van der Waals surface area contributed by atoms with Crippen LogP contribution in [0.3, 0.4) is 0 Å². The maximum atomic E-state index is 14.3. The Bertz CT molecular complexity index is 1110. The maximum Gasteiger partial charge on any atom is 0.228 e. The van der Waals surface area contributed by atoms with Gasteiger partial charge in [0.2, 0.25) is 15.9 Å². The highest BCUT2D eigenvalue weighted by atomic mass is 32.2. The number of nitrogens with zero attached hydrogens (tertiary/aromatic N) is 4. The summed E-state index contributed by atoms with van der Waals surface area (Å²) in [6.07, 6.45) is 2.41. The molecule has 4 rings (SSSR count). The van der Waals surface area contributed by atoms with Crippen molar-refractivity contribution in [1.82, 2.24) is 14.3 Å². The molecule has 9 heteroatoms. The summed E-state index contributed by atoms with van der Waals surface area (Å²) in [7, 11) is -3.28. The van der Waals surface area contributed by atoms with Gasteiger partial charge in [0.05, 0.1) is 12.3 Å². The Morgan fingerprint density at radius 2 is 1.97 bits per heavy atom. The molecule has 2 aliphatic rings. The van der Waals surface area contributed by atoms with Gasteiger partial charge in [0.25, 0.3) is 0 Å². The second-order valence-electron chi connectivity index (χ2n) is 8.14. The number of aryl methyl sites for hydroxylation is 1. The number of rotatable bonds is 5. The smallest absolute Gasteiger partial charge is 0.228 e. The van der Waals surface area contributed by atoms with Crippen molar-refractivity contribution in [1.29, 1.82) is 0 Å². The molecule has 0 spiro atoms. The molecule has 2 aromatic rings. The fourth-order valence-corrected chi connectivity index (χ4v) is 5.51. The van der Waals surface area contributed by atoms with Crippen molar-refractivity contribution in [3.8, 4) is 0 Å². The fourth-order valence-electron chi connectivity index (χ4n) is 4.33. The lowest BCUT2D eigenvalue weighted by Gasteiger charge is -2.33. The number of amides is 1. The highest BCUT2D eigenvalue weighted by molar-refractivity contribution is 7.89. The van der Waals surface area contributed by atoms with Gasteiger partial charge in [-0.3, -0.25) is 9.69 Å². The van der Waals surface area contributed by atoms with E-state index in [0.717, 1.165) is 24.1 Å². The van der Waals surface area contributed by atoms with Crippen molar-refractivity contribution < 1.29 is 17.6 Å². The Hall–Kier alpha value is -2.39. The van der Waals surface area contributed by atoms with E-state index in [1.165, 1.54) is 10.4 Å². The van der Waals surface area contributed by atoms with Crippen LogP contribution in [0.25, 0.3) is 0 Å². The molecule has 1 atom stereocenters. The molecule has 0 N–H and O–H groups in total. The molecule has 1 aromatic heterocycles. The van der Waals surface area contributed by atoms with E-state index < -0.39 is 10.0 Å². The van der Waals surface area contributed by atoms with Gasteiger partial charge in [-0.15, -0.1) is 0 Å². The standard InChI is InChI=1S/C22H27FN4O3S/c1-3-31(29,30)26-12-6-8-17(13-26)21-24-15(2)18-10-11-20(28)27(22(18)25-21)14-16-7-4-5-9-19(16)23/h4-5,7,9,17H,3,6,8,10-14H2,1-2H3/t17-/m1/s1. The van der Waals surface area contributed by atoms with Gasteiger partial charge in [0.15, 0.2) is 0 Å². The number of sulfonamides is 1. The summed E-state index contributed by atoms with van der Waals surface area (Å²) < 4.78 is 40.5. The highest BCUT2D eigenvalue weighted by Gasteiger charge is 2.33. The number of hydrogen-bond acceptors (Lipinski definition) is 5. The van der Waals surface area contributed by atoms with Crippen molar-refractivity contribution in [3.05, 3.63) is 52.7 Å². The van der Waals surface area contributed by atoms with Crippen LogP contribution in [-0.4, -0.2) is 47.4 Å². The number of piperidine rings is 1. The molecule has 1 aromatic carbocycles.